The molecule has 2 aliphatic rings. The fourth-order valence-corrected chi connectivity index (χ4v) is 3.88. The first-order valence-corrected chi connectivity index (χ1v) is 9.46. The van der Waals surface area contributed by atoms with E-state index < -0.39 is 5.60 Å². The molecule has 1 spiro atoms. The fourth-order valence-electron chi connectivity index (χ4n) is 3.40. The number of carbonyl (C=O) groups is 1. The Labute approximate surface area is 153 Å². The largest absolute Gasteiger partial charge is 0.444 e. The van der Waals surface area contributed by atoms with Crippen LogP contribution in [0.3, 0.4) is 0 Å². The summed E-state index contributed by atoms with van der Waals surface area (Å²) in [6.07, 6.45) is 2.16. The van der Waals surface area contributed by atoms with E-state index in [2.05, 4.69) is 46.0 Å². The third-order valence-corrected chi connectivity index (χ3v) is 5.43. The van der Waals surface area contributed by atoms with E-state index in [1.54, 1.807) is 0 Å². The molecule has 1 aromatic rings. The van der Waals surface area contributed by atoms with Crippen LogP contribution in [0.4, 0.5) is 4.79 Å². The van der Waals surface area contributed by atoms with Crippen molar-refractivity contribution in [2.45, 2.75) is 58.2 Å². The average molecular weight is 395 g/mol. The molecule has 3 rings (SSSR count). The van der Waals surface area contributed by atoms with Gasteiger partial charge in [-0.05, 0) is 63.8 Å². The number of ether oxygens (including phenoxy) is 1. The molecule has 0 bridgehead atoms. The van der Waals surface area contributed by atoms with Crippen LogP contribution >= 0.6 is 15.9 Å². The second-order valence-corrected chi connectivity index (χ2v) is 9.03. The number of hydrogen-bond donors (Lipinski definition) is 0. The molecular weight excluding hydrogens is 368 g/mol. The smallest absolute Gasteiger partial charge is 0.410 e. The summed E-state index contributed by atoms with van der Waals surface area (Å²) in [5, 5.41) is 0. The zero-order valence-electron chi connectivity index (χ0n) is 15.1. The van der Waals surface area contributed by atoms with Crippen molar-refractivity contribution in [1.82, 2.24) is 9.80 Å². The number of amides is 1. The van der Waals surface area contributed by atoms with Gasteiger partial charge in [0.25, 0.3) is 0 Å². The Balaban J connectivity index is 1.66. The average Bonchev–Trinajstić information content (AvgIpc) is 3.22. The summed E-state index contributed by atoms with van der Waals surface area (Å²) < 4.78 is 6.67. The van der Waals surface area contributed by atoms with E-state index in [-0.39, 0.29) is 11.6 Å². The maximum absolute atomic E-state index is 12.4. The summed E-state index contributed by atoms with van der Waals surface area (Å²) in [6.45, 7) is 11.3. The van der Waals surface area contributed by atoms with Gasteiger partial charge < -0.3 is 9.64 Å². The minimum atomic E-state index is -0.431. The highest BCUT2D eigenvalue weighted by molar-refractivity contribution is 9.10. The first kappa shape index (κ1) is 17.7. The van der Waals surface area contributed by atoms with Crippen molar-refractivity contribution in [2.24, 2.45) is 0 Å². The van der Waals surface area contributed by atoms with E-state index in [4.69, 9.17) is 4.74 Å². The maximum Gasteiger partial charge on any atom is 0.410 e. The Morgan fingerprint density at radius 2 is 2.00 bits per heavy atom. The molecule has 1 saturated heterocycles. The second kappa shape index (κ2) is 6.34. The Kier molecular flexibility index (Phi) is 4.69. The first-order chi connectivity index (χ1) is 11.2. The Hall–Kier alpha value is -1.07. The third kappa shape index (κ3) is 3.94. The summed E-state index contributed by atoms with van der Waals surface area (Å²) >= 11 is 3.53. The molecule has 1 heterocycles. The molecule has 24 heavy (non-hydrogen) atoms. The van der Waals surface area contributed by atoms with Crippen LogP contribution in [-0.4, -0.2) is 46.7 Å². The summed E-state index contributed by atoms with van der Waals surface area (Å²) in [4.78, 5) is 16.8. The lowest BCUT2D eigenvalue weighted by Gasteiger charge is -2.42. The zero-order valence-corrected chi connectivity index (χ0v) is 16.6. The predicted molar refractivity (Wildman–Crippen MR) is 99.1 cm³/mol. The number of aryl methyl sites for hydroxylation is 1. The number of benzene rings is 1. The van der Waals surface area contributed by atoms with Crippen LogP contribution in [0.1, 0.15) is 44.7 Å². The zero-order chi connectivity index (χ0) is 17.5. The highest BCUT2D eigenvalue weighted by Gasteiger charge is 2.52. The molecule has 1 aliphatic heterocycles. The standard InChI is InChI=1S/C19H27BrN2O2/c1-14-11-16(20)6-5-15(14)12-22-10-9-21(13-19(22)7-8-19)17(23)24-18(2,3)4/h5-6,11H,7-10,12-13H2,1-4H3. The minimum absolute atomic E-state index is 0.161. The monoisotopic (exact) mass is 394 g/mol. The summed E-state index contributed by atoms with van der Waals surface area (Å²) in [5.74, 6) is 0. The number of carbonyl (C=O) groups excluding carboxylic acids is 1. The maximum atomic E-state index is 12.4. The van der Waals surface area contributed by atoms with Crippen LogP contribution in [0.5, 0.6) is 0 Å². The molecular formula is C19H27BrN2O2. The molecule has 1 aliphatic carbocycles. The van der Waals surface area contributed by atoms with Gasteiger partial charge in [-0.25, -0.2) is 4.79 Å². The van der Waals surface area contributed by atoms with Crippen LogP contribution in [0.2, 0.25) is 0 Å². The van der Waals surface area contributed by atoms with Gasteiger partial charge in [0.05, 0.1) is 0 Å². The molecule has 2 fully saturated rings. The molecule has 4 nitrogen and oxygen atoms in total. The van der Waals surface area contributed by atoms with Crippen molar-refractivity contribution in [3.63, 3.8) is 0 Å². The Morgan fingerprint density at radius 1 is 1.29 bits per heavy atom. The van der Waals surface area contributed by atoms with Gasteiger partial charge in [-0.2, -0.15) is 0 Å². The molecule has 0 aromatic heterocycles. The number of hydrogen-bond acceptors (Lipinski definition) is 3. The van der Waals surface area contributed by atoms with Crippen LogP contribution in [0.15, 0.2) is 22.7 Å². The highest BCUT2D eigenvalue weighted by Crippen LogP contribution is 2.45. The fraction of sp³-hybridized carbons (Fsp3) is 0.632. The quantitative estimate of drug-likeness (QED) is 0.747. The van der Waals surface area contributed by atoms with Crippen molar-refractivity contribution in [2.75, 3.05) is 19.6 Å². The molecule has 132 valence electrons. The molecule has 0 radical (unpaired) electrons. The number of nitrogens with zero attached hydrogens (tertiary/aromatic N) is 2. The molecule has 1 aromatic carbocycles. The molecule has 5 heteroatoms. The lowest BCUT2D eigenvalue weighted by molar-refractivity contribution is -0.00242. The lowest BCUT2D eigenvalue weighted by Crippen LogP contribution is -2.56. The topological polar surface area (TPSA) is 32.8 Å². The summed E-state index contributed by atoms with van der Waals surface area (Å²) in [5.41, 5.74) is 2.42. The summed E-state index contributed by atoms with van der Waals surface area (Å²) in [7, 11) is 0. The Morgan fingerprint density at radius 3 is 2.58 bits per heavy atom. The van der Waals surface area contributed by atoms with Gasteiger partial charge in [0.2, 0.25) is 0 Å². The Bertz CT molecular complexity index is 635. The van der Waals surface area contributed by atoms with Gasteiger partial charge in [0.15, 0.2) is 0 Å². The van der Waals surface area contributed by atoms with Gasteiger partial charge in [-0.1, -0.05) is 22.0 Å². The number of piperazine rings is 1. The molecule has 0 unspecified atom stereocenters. The van der Waals surface area contributed by atoms with Crippen molar-refractivity contribution in [1.29, 1.82) is 0 Å². The van der Waals surface area contributed by atoms with Gasteiger partial charge >= 0.3 is 6.09 Å². The minimum Gasteiger partial charge on any atom is -0.444 e. The van der Waals surface area contributed by atoms with Crippen molar-refractivity contribution < 1.29 is 9.53 Å². The van der Waals surface area contributed by atoms with Gasteiger partial charge in [-0.3, -0.25) is 4.90 Å². The number of halogens is 1. The lowest BCUT2D eigenvalue weighted by atomic mass is 10.0. The van der Waals surface area contributed by atoms with Gasteiger partial charge in [0.1, 0.15) is 5.60 Å². The number of rotatable bonds is 2. The first-order valence-electron chi connectivity index (χ1n) is 8.67. The van der Waals surface area contributed by atoms with Gasteiger partial charge in [-0.15, -0.1) is 0 Å². The molecule has 1 amide bonds. The molecule has 0 N–H and O–H groups in total. The van der Waals surface area contributed by atoms with Crippen LogP contribution in [0.25, 0.3) is 0 Å². The van der Waals surface area contributed by atoms with E-state index in [9.17, 15) is 4.79 Å². The third-order valence-electron chi connectivity index (χ3n) is 4.94. The van der Waals surface area contributed by atoms with Crippen molar-refractivity contribution >= 4 is 22.0 Å². The van der Waals surface area contributed by atoms with Crippen LogP contribution in [-0.2, 0) is 11.3 Å². The second-order valence-electron chi connectivity index (χ2n) is 8.12. The van der Waals surface area contributed by atoms with E-state index >= 15 is 0 Å². The molecule has 1 saturated carbocycles. The summed E-state index contributed by atoms with van der Waals surface area (Å²) in [6, 6.07) is 6.49. The predicted octanol–water partition coefficient (Wildman–Crippen LogP) is 4.34. The van der Waals surface area contributed by atoms with Crippen molar-refractivity contribution in [3.05, 3.63) is 33.8 Å². The van der Waals surface area contributed by atoms with Crippen LogP contribution in [0, 0.1) is 6.92 Å². The SMILES string of the molecule is Cc1cc(Br)ccc1CN1CCN(C(=O)OC(C)(C)C)CC12CC2. The highest BCUT2D eigenvalue weighted by atomic mass is 79.9. The normalized spacial score (nSPS) is 20.3. The van der Waals surface area contributed by atoms with E-state index in [1.807, 2.05) is 25.7 Å². The molecule has 0 atom stereocenters. The van der Waals surface area contributed by atoms with Crippen molar-refractivity contribution in [3.8, 4) is 0 Å². The van der Waals surface area contributed by atoms with E-state index in [0.717, 1.165) is 30.7 Å². The van der Waals surface area contributed by atoms with E-state index in [0.29, 0.717) is 0 Å². The van der Waals surface area contributed by atoms with Gasteiger partial charge in [0, 0.05) is 36.2 Å². The van der Waals surface area contributed by atoms with Crippen LogP contribution < -0.4 is 0 Å². The van der Waals surface area contributed by atoms with E-state index in [1.165, 1.54) is 24.0 Å².